The molecule has 0 saturated carbocycles. The van der Waals surface area contributed by atoms with Crippen molar-refractivity contribution in [2.45, 2.75) is 256 Å². The summed E-state index contributed by atoms with van der Waals surface area (Å²) >= 11 is 0. The summed E-state index contributed by atoms with van der Waals surface area (Å²) in [5.41, 5.74) is -0.836. The predicted octanol–water partition coefficient (Wildman–Crippen LogP) is 4.98. The number of hydrogen-bond donors (Lipinski definition) is 6. The third kappa shape index (κ3) is 28.5. The average Bonchev–Trinajstić information content (AvgIpc) is 0.802. The van der Waals surface area contributed by atoms with Crippen LogP contribution in [0.15, 0.2) is 12.2 Å². The van der Waals surface area contributed by atoms with Gasteiger partial charge >= 0.3 is 18.0 Å². The van der Waals surface area contributed by atoms with Crippen molar-refractivity contribution in [3.8, 4) is 0 Å². The third-order valence-corrected chi connectivity index (χ3v) is 16.2. The molecule has 27 nitrogen and oxygen atoms in total. The van der Waals surface area contributed by atoms with E-state index in [1.807, 2.05) is 55.4 Å². The molecule has 0 rings (SSSR count). The van der Waals surface area contributed by atoms with E-state index < -0.39 is 174 Å². The van der Waals surface area contributed by atoms with Crippen LogP contribution in [0.4, 0.5) is 4.79 Å². The fraction of sp³-hybridized carbons (Fsp3) is 0.779. The van der Waals surface area contributed by atoms with E-state index in [4.69, 9.17) is 9.47 Å². The van der Waals surface area contributed by atoms with Gasteiger partial charge in [-0.3, -0.25) is 57.5 Å². The monoisotopic (exact) mass is 1350 g/mol. The van der Waals surface area contributed by atoms with Crippen LogP contribution in [-0.4, -0.2) is 233 Å². The van der Waals surface area contributed by atoms with E-state index in [9.17, 15) is 53.1 Å². The van der Waals surface area contributed by atoms with Gasteiger partial charge in [0, 0.05) is 49.2 Å². The Morgan fingerprint density at radius 1 is 0.474 bits per heavy atom. The molecular formula is C68H121N11O16. The number of esters is 1. The number of likely N-dealkylation sites (N-methyl/N-ethyl adjacent to an activating group) is 6. The van der Waals surface area contributed by atoms with Gasteiger partial charge < -0.3 is 70.6 Å². The molecule has 0 aliphatic heterocycles. The molecule has 0 aromatic carbocycles. The average molecular weight is 1350 g/mol. The second-order valence-corrected chi connectivity index (χ2v) is 28.7. The van der Waals surface area contributed by atoms with Gasteiger partial charge in [0.15, 0.2) is 0 Å². The fourth-order valence-electron chi connectivity index (χ4n) is 11.0. The molecule has 12 atom stereocenters. The largest absolute Gasteiger partial charge is 0.480 e. The van der Waals surface area contributed by atoms with Gasteiger partial charge in [-0.25, -0.2) is 4.79 Å². The number of allylic oxidation sites excluding steroid dienone is 2. The van der Waals surface area contributed by atoms with E-state index in [0.29, 0.717) is 6.42 Å². The highest BCUT2D eigenvalue weighted by Crippen LogP contribution is 2.27. The third-order valence-electron chi connectivity index (χ3n) is 16.2. The van der Waals surface area contributed by atoms with E-state index in [1.165, 1.54) is 75.7 Å². The van der Waals surface area contributed by atoms with Crippen LogP contribution in [0.1, 0.15) is 184 Å². The van der Waals surface area contributed by atoms with Crippen LogP contribution < -0.4 is 26.6 Å². The molecule has 6 N–H and O–H groups in total. The molecule has 0 aromatic heterocycles. The molecule has 0 aliphatic carbocycles. The lowest BCUT2D eigenvalue weighted by atomic mass is 9.91. The lowest BCUT2D eigenvalue weighted by Gasteiger charge is -2.42. The van der Waals surface area contributed by atoms with E-state index in [1.54, 1.807) is 81.4 Å². The van der Waals surface area contributed by atoms with Crippen molar-refractivity contribution in [2.75, 3.05) is 48.8 Å². The first kappa shape index (κ1) is 87.6. The maximum atomic E-state index is 15.2. The van der Waals surface area contributed by atoms with Crippen molar-refractivity contribution in [3.63, 3.8) is 0 Å². The zero-order valence-corrected chi connectivity index (χ0v) is 62.3. The van der Waals surface area contributed by atoms with Crippen molar-refractivity contribution in [1.82, 2.24) is 56.0 Å². The van der Waals surface area contributed by atoms with Crippen molar-refractivity contribution < 1.29 is 76.9 Å². The number of carbonyl (C=O) groups is 13. The van der Waals surface area contributed by atoms with E-state index >= 15 is 14.4 Å². The summed E-state index contributed by atoms with van der Waals surface area (Å²) in [5.74, 6) is -11.3. The number of hydrogen-bond acceptors (Lipinski definition) is 15. The number of rotatable bonds is 38. The number of carbonyl (C=O) groups excluding carboxylic acids is 12. The Balaban J connectivity index is 7.15. The summed E-state index contributed by atoms with van der Waals surface area (Å²) in [4.78, 5) is 189. The van der Waals surface area contributed by atoms with Gasteiger partial charge in [0.2, 0.25) is 59.1 Å². The number of carboxylic acid groups (broad SMARTS) is 1. The van der Waals surface area contributed by atoms with Crippen LogP contribution in [0.25, 0.3) is 0 Å². The lowest BCUT2D eigenvalue weighted by molar-refractivity contribution is -0.164. The molecule has 0 aromatic rings. The number of aliphatic carboxylic acids is 1. The molecular weight excluding hydrogens is 1230 g/mol. The number of nitrogens with zero attached hydrogens (tertiary/aromatic N) is 6. The van der Waals surface area contributed by atoms with Gasteiger partial charge in [0.05, 0.1) is 0 Å². The Labute approximate surface area is 566 Å². The van der Waals surface area contributed by atoms with Gasteiger partial charge in [-0.15, -0.1) is 0 Å². The van der Waals surface area contributed by atoms with Gasteiger partial charge in [-0.2, -0.15) is 0 Å². The zero-order valence-electron chi connectivity index (χ0n) is 62.3. The summed E-state index contributed by atoms with van der Waals surface area (Å²) in [6.07, 6.45) is 2.38. The highest BCUT2D eigenvalue weighted by Gasteiger charge is 2.47. The van der Waals surface area contributed by atoms with E-state index in [-0.39, 0.29) is 55.8 Å². The van der Waals surface area contributed by atoms with Gasteiger partial charge in [-0.1, -0.05) is 109 Å². The maximum absolute atomic E-state index is 15.2. The lowest BCUT2D eigenvalue weighted by Crippen LogP contribution is -2.64. The highest BCUT2D eigenvalue weighted by molar-refractivity contribution is 5.99. The van der Waals surface area contributed by atoms with Crippen molar-refractivity contribution in [1.29, 1.82) is 0 Å². The van der Waals surface area contributed by atoms with Gasteiger partial charge in [-0.05, 0) is 121 Å². The quantitative estimate of drug-likeness (QED) is 0.0351. The number of ether oxygens (including phenoxy) is 2. The Morgan fingerprint density at radius 3 is 1.36 bits per heavy atom. The first-order valence-corrected chi connectivity index (χ1v) is 33.4. The van der Waals surface area contributed by atoms with Crippen molar-refractivity contribution >= 4 is 77.1 Å². The minimum Gasteiger partial charge on any atom is -0.480 e. The maximum Gasteiger partial charge on any atom is 0.408 e. The van der Waals surface area contributed by atoms with Crippen LogP contribution in [0.3, 0.4) is 0 Å². The molecule has 0 spiro atoms. The smallest absolute Gasteiger partial charge is 0.408 e. The minimum atomic E-state index is -1.59. The second kappa shape index (κ2) is 40.3. The summed E-state index contributed by atoms with van der Waals surface area (Å²) in [6, 6.07) is -12.4. The van der Waals surface area contributed by atoms with E-state index in [0.717, 1.165) is 16.7 Å². The molecule has 0 fully saturated rings. The standard InChI is InChI=1S/C68H121N11O16/c1-28-30-31-43(15)56(94-46(18)80)55(60(86)71-47(29-2)62(88)74(22)36-52(81)82)79(27)66(92)54(42(13)14)78(26)64(90)51(35-40(9)10)77(25)63(89)50(34-39(7)8)76(24)61(87)45(17)70-57(83)44(16)69-59(85)49(33-38(5)6)75(23)65(91)53(41(11)12)73-58(84)48(32-37(3)4)72-67(93)95-68(19,20)21/h28,30,37-45,47-51,53-56H,29,31-36H2,1-27H3,(H,69,85)(H,70,83)(H,71,86)(H,72,93)(H,73,84)(H,81,82)/b30-28+/t43-,44?,45?,47+,48+,49-,50-,51+,53-,54-,55+,56-/m1/s1. The van der Waals surface area contributed by atoms with E-state index in [2.05, 4.69) is 26.6 Å². The van der Waals surface area contributed by atoms with Gasteiger partial charge in [0.25, 0.3) is 0 Å². The van der Waals surface area contributed by atoms with Crippen molar-refractivity contribution in [3.05, 3.63) is 12.2 Å². The van der Waals surface area contributed by atoms with Crippen molar-refractivity contribution in [2.24, 2.45) is 41.4 Å². The summed E-state index contributed by atoms with van der Waals surface area (Å²) in [6.45, 7) is 35.2. The summed E-state index contributed by atoms with van der Waals surface area (Å²) in [5, 5.41) is 22.8. The second-order valence-electron chi connectivity index (χ2n) is 28.7. The topological polar surface area (TPSA) is 340 Å². The SMILES string of the molecule is C/C=C/C[C@@H](C)[C@@H](OC(C)=O)[C@@H](C(=O)N[C@@H](CC)C(=O)N(C)CC(=O)O)N(C)C(=O)[C@@H](C(C)C)N(C)C(=O)[C@H](CC(C)C)N(C)C(=O)[C@@H](CC(C)C)N(C)C(=O)C(C)NC(=O)C(C)NC(=O)[C@@H](CC(C)C)N(C)C(=O)[C@H](NC(=O)[C@H](CC(C)C)NC(=O)OC(C)(C)C)C(C)C. The molecule has 0 heterocycles. The molecule has 0 saturated heterocycles. The van der Waals surface area contributed by atoms with Gasteiger partial charge in [0.1, 0.15) is 78.7 Å². The number of carboxylic acids is 1. The zero-order chi connectivity index (χ0) is 74.2. The normalized spacial score (nSPS) is 15.6. The van der Waals surface area contributed by atoms with Crippen LogP contribution in [0, 0.1) is 41.4 Å². The first-order chi connectivity index (χ1) is 43.6. The molecule has 0 bridgehead atoms. The Bertz CT molecular complexity index is 2640. The first-order valence-electron chi connectivity index (χ1n) is 33.4. The van der Waals surface area contributed by atoms with Crippen LogP contribution >= 0.6 is 0 Å². The predicted molar refractivity (Wildman–Crippen MR) is 362 cm³/mol. The molecule has 0 radical (unpaired) electrons. The molecule has 544 valence electrons. The van der Waals surface area contributed by atoms with Crippen LogP contribution in [0.2, 0.25) is 0 Å². The molecule has 11 amide bonds. The number of nitrogens with one attached hydrogen (secondary N) is 5. The van der Waals surface area contributed by atoms with Crippen LogP contribution in [-0.2, 0) is 67.0 Å². The Morgan fingerprint density at radius 2 is 0.926 bits per heavy atom. The summed E-state index contributed by atoms with van der Waals surface area (Å²) in [7, 11) is 8.27. The highest BCUT2D eigenvalue weighted by atomic mass is 16.6. The molecule has 95 heavy (non-hydrogen) atoms. The Kier molecular flexibility index (Phi) is 37.1. The number of alkyl carbamates (subject to hydrolysis) is 1. The fourth-order valence-corrected chi connectivity index (χ4v) is 11.0. The number of amides is 11. The molecule has 0 aliphatic rings. The van der Waals surface area contributed by atoms with Crippen LogP contribution in [0.5, 0.6) is 0 Å². The molecule has 2 unspecified atom stereocenters. The Hall–Kier alpha value is -7.35. The summed E-state index contributed by atoms with van der Waals surface area (Å²) < 4.78 is 11.2. The molecule has 27 heteroatoms. The minimum absolute atomic E-state index is 0.0237.